The zero-order valence-electron chi connectivity index (χ0n) is 5.23. The van der Waals surface area contributed by atoms with Gasteiger partial charge in [-0.25, -0.2) is 0 Å². The first-order valence-electron chi connectivity index (χ1n) is 2.64. The summed E-state index contributed by atoms with van der Waals surface area (Å²) in [5.41, 5.74) is 5.38. The van der Waals surface area contributed by atoms with E-state index in [9.17, 15) is 0 Å². The molecule has 0 bridgehead atoms. The lowest BCUT2D eigenvalue weighted by atomic mass is 10.4. The molecule has 0 fully saturated rings. The molecule has 0 aliphatic rings. The zero-order chi connectivity index (χ0) is 5.86. The van der Waals surface area contributed by atoms with E-state index in [2.05, 4.69) is 19.2 Å². The topological polar surface area (TPSA) is 38.0 Å². The van der Waals surface area contributed by atoms with Gasteiger partial charge in [-0.1, -0.05) is 0 Å². The van der Waals surface area contributed by atoms with Gasteiger partial charge in [0, 0.05) is 6.04 Å². The Morgan fingerprint density at radius 2 is 1.71 bits per heavy atom. The number of hydrogen-bond acceptors (Lipinski definition) is 2. The highest BCUT2D eigenvalue weighted by Crippen LogP contribution is 1.75. The predicted octanol–water partition coefficient (Wildman–Crippen LogP) is 0.289. The van der Waals surface area contributed by atoms with Crippen LogP contribution in [0.1, 0.15) is 20.8 Å². The molecule has 0 amide bonds. The van der Waals surface area contributed by atoms with Crippen LogP contribution in [0.2, 0.25) is 0 Å². The molecule has 44 valence electrons. The van der Waals surface area contributed by atoms with Gasteiger partial charge in [0.2, 0.25) is 0 Å². The second-order valence-corrected chi connectivity index (χ2v) is 2.11. The standard InChI is InChI=1S/C5H14N2/c1-4(2)7-5(3)6/h4-5,7H,6H2,1-3H3. The summed E-state index contributed by atoms with van der Waals surface area (Å²) in [4.78, 5) is 0. The van der Waals surface area contributed by atoms with Crippen molar-refractivity contribution in [1.82, 2.24) is 5.32 Å². The molecule has 3 N–H and O–H groups in total. The average Bonchev–Trinajstić information content (AvgIpc) is 1.27. The Bertz CT molecular complexity index is 35.3. The van der Waals surface area contributed by atoms with Crippen LogP contribution in [0.4, 0.5) is 0 Å². The summed E-state index contributed by atoms with van der Waals surface area (Å²) in [5.74, 6) is 0. The van der Waals surface area contributed by atoms with Gasteiger partial charge in [0.05, 0.1) is 6.17 Å². The predicted molar refractivity (Wildman–Crippen MR) is 31.9 cm³/mol. The summed E-state index contributed by atoms with van der Waals surface area (Å²) in [6.45, 7) is 6.08. The van der Waals surface area contributed by atoms with E-state index in [0.29, 0.717) is 6.04 Å². The van der Waals surface area contributed by atoms with Crippen LogP contribution in [-0.4, -0.2) is 12.2 Å². The van der Waals surface area contributed by atoms with Crippen LogP contribution >= 0.6 is 0 Å². The summed E-state index contributed by atoms with van der Waals surface area (Å²) in [6, 6.07) is 0.500. The van der Waals surface area contributed by atoms with E-state index < -0.39 is 0 Å². The molecule has 0 rings (SSSR count). The first-order chi connectivity index (χ1) is 3.13. The van der Waals surface area contributed by atoms with Crippen molar-refractivity contribution >= 4 is 0 Å². The van der Waals surface area contributed by atoms with E-state index in [1.165, 1.54) is 0 Å². The van der Waals surface area contributed by atoms with Gasteiger partial charge >= 0.3 is 0 Å². The fourth-order valence-corrected chi connectivity index (χ4v) is 0.526. The second kappa shape index (κ2) is 2.99. The summed E-state index contributed by atoms with van der Waals surface area (Å²) in [5, 5.41) is 3.08. The van der Waals surface area contributed by atoms with Gasteiger partial charge in [-0.3, -0.25) is 0 Å². The minimum Gasteiger partial charge on any atom is -0.316 e. The van der Waals surface area contributed by atoms with Crippen LogP contribution in [0, 0.1) is 0 Å². The molecular formula is C5H14N2. The maximum Gasteiger partial charge on any atom is 0.0519 e. The largest absolute Gasteiger partial charge is 0.316 e. The third kappa shape index (κ3) is 5.92. The second-order valence-electron chi connectivity index (χ2n) is 2.11. The highest BCUT2D eigenvalue weighted by molar-refractivity contribution is 4.54. The van der Waals surface area contributed by atoms with E-state index in [4.69, 9.17) is 5.73 Å². The molecule has 0 aliphatic carbocycles. The van der Waals surface area contributed by atoms with E-state index in [1.807, 2.05) is 6.92 Å². The monoisotopic (exact) mass is 102 g/mol. The molecule has 0 heterocycles. The molecular weight excluding hydrogens is 88.1 g/mol. The molecule has 2 heteroatoms. The van der Waals surface area contributed by atoms with Gasteiger partial charge in [0.1, 0.15) is 0 Å². The van der Waals surface area contributed by atoms with E-state index >= 15 is 0 Å². The number of hydrogen-bond donors (Lipinski definition) is 2. The van der Waals surface area contributed by atoms with Crippen LogP contribution in [0.15, 0.2) is 0 Å². The normalized spacial score (nSPS) is 15.0. The Morgan fingerprint density at radius 3 is 1.71 bits per heavy atom. The fraction of sp³-hybridized carbons (Fsp3) is 1.00. The molecule has 0 aromatic heterocycles. The van der Waals surface area contributed by atoms with Crippen molar-refractivity contribution in [2.24, 2.45) is 5.73 Å². The highest BCUT2D eigenvalue weighted by Gasteiger charge is 1.92. The van der Waals surface area contributed by atoms with Crippen LogP contribution < -0.4 is 11.1 Å². The summed E-state index contributed by atoms with van der Waals surface area (Å²) < 4.78 is 0. The first kappa shape index (κ1) is 6.92. The lowest BCUT2D eigenvalue weighted by Gasteiger charge is -2.10. The van der Waals surface area contributed by atoms with Crippen LogP contribution in [-0.2, 0) is 0 Å². The fourth-order valence-electron chi connectivity index (χ4n) is 0.526. The van der Waals surface area contributed by atoms with Crippen molar-refractivity contribution in [2.75, 3.05) is 0 Å². The van der Waals surface area contributed by atoms with E-state index in [-0.39, 0.29) is 6.17 Å². The molecule has 0 radical (unpaired) electrons. The van der Waals surface area contributed by atoms with Crippen molar-refractivity contribution in [1.29, 1.82) is 0 Å². The van der Waals surface area contributed by atoms with Crippen molar-refractivity contribution in [3.8, 4) is 0 Å². The molecule has 0 aromatic rings. The molecule has 7 heavy (non-hydrogen) atoms. The van der Waals surface area contributed by atoms with Crippen LogP contribution in [0.3, 0.4) is 0 Å². The van der Waals surface area contributed by atoms with E-state index in [0.717, 1.165) is 0 Å². The molecule has 1 unspecified atom stereocenters. The number of rotatable bonds is 2. The van der Waals surface area contributed by atoms with Crippen molar-refractivity contribution in [3.63, 3.8) is 0 Å². The highest BCUT2D eigenvalue weighted by atomic mass is 15.0. The number of nitrogens with two attached hydrogens (primary N) is 1. The van der Waals surface area contributed by atoms with Crippen molar-refractivity contribution in [2.45, 2.75) is 33.0 Å². The Hall–Kier alpha value is -0.0800. The van der Waals surface area contributed by atoms with Crippen molar-refractivity contribution < 1.29 is 0 Å². The smallest absolute Gasteiger partial charge is 0.0519 e. The lowest BCUT2D eigenvalue weighted by molar-refractivity contribution is 0.502. The van der Waals surface area contributed by atoms with E-state index in [1.54, 1.807) is 0 Å². The Kier molecular flexibility index (Phi) is 2.96. The maximum absolute atomic E-state index is 5.38. The van der Waals surface area contributed by atoms with Crippen LogP contribution in [0.25, 0.3) is 0 Å². The average molecular weight is 102 g/mol. The summed E-state index contributed by atoms with van der Waals surface area (Å²) >= 11 is 0. The molecule has 0 aliphatic heterocycles. The lowest BCUT2D eigenvalue weighted by Crippen LogP contribution is -2.38. The number of nitrogens with one attached hydrogen (secondary N) is 1. The van der Waals surface area contributed by atoms with Gasteiger partial charge in [-0.15, -0.1) is 0 Å². The minimum atomic E-state index is 0.125. The van der Waals surface area contributed by atoms with Gasteiger partial charge < -0.3 is 11.1 Å². The van der Waals surface area contributed by atoms with Gasteiger partial charge in [-0.2, -0.15) is 0 Å². The Labute approximate surface area is 45.1 Å². The molecule has 0 spiro atoms. The summed E-state index contributed by atoms with van der Waals surface area (Å²) in [7, 11) is 0. The third-order valence-electron chi connectivity index (χ3n) is 0.596. The quantitative estimate of drug-likeness (QED) is 0.492. The molecule has 0 aromatic carbocycles. The third-order valence-corrected chi connectivity index (χ3v) is 0.596. The SMILES string of the molecule is CC(C)NC(C)N. The molecule has 0 saturated heterocycles. The molecule has 2 nitrogen and oxygen atoms in total. The first-order valence-corrected chi connectivity index (χ1v) is 2.64. The zero-order valence-corrected chi connectivity index (χ0v) is 5.23. The molecule has 0 saturated carbocycles. The van der Waals surface area contributed by atoms with Crippen LogP contribution in [0.5, 0.6) is 0 Å². The minimum absolute atomic E-state index is 0.125. The Morgan fingerprint density at radius 1 is 1.29 bits per heavy atom. The van der Waals surface area contributed by atoms with Gasteiger partial charge in [-0.05, 0) is 20.8 Å². The maximum atomic E-state index is 5.38. The van der Waals surface area contributed by atoms with Gasteiger partial charge in [0.25, 0.3) is 0 Å². The van der Waals surface area contributed by atoms with Crippen molar-refractivity contribution in [3.05, 3.63) is 0 Å². The Balaban J connectivity index is 2.95. The molecule has 1 atom stereocenters. The summed E-state index contributed by atoms with van der Waals surface area (Å²) in [6.07, 6.45) is 0.125. The van der Waals surface area contributed by atoms with Gasteiger partial charge in [0.15, 0.2) is 0 Å².